The number of nitrogens with one attached hydrogen (secondary N) is 1. The van der Waals surface area contributed by atoms with E-state index in [1.807, 2.05) is 25.5 Å². The monoisotopic (exact) mass is 249 g/mol. The molecule has 4 heteroatoms. The molecule has 0 amide bonds. The molecule has 0 aromatic carbocycles. The van der Waals surface area contributed by atoms with E-state index in [0.29, 0.717) is 6.04 Å². The summed E-state index contributed by atoms with van der Waals surface area (Å²) in [6.45, 7) is 6.21. The summed E-state index contributed by atoms with van der Waals surface area (Å²) in [5, 5.41) is 3.39. The first-order valence-corrected chi connectivity index (χ1v) is 6.73. The Kier molecular flexibility index (Phi) is 5.11. The third kappa shape index (κ3) is 3.51. The first-order chi connectivity index (χ1) is 8.83. The van der Waals surface area contributed by atoms with Crippen LogP contribution in [0.1, 0.15) is 12.5 Å². The molecule has 0 saturated carbocycles. The van der Waals surface area contributed by atoms with E-state index in [2.05, 4.69) is 28.2 Å². The van der Waals surface area contributed by atoms with Crippen LogP contribution in [-0.2, 0) is 11.2 Å². The highest BCUT2D eigenvalue weighted by Gasteiger charge is 2.26. The van der Waals surface area contributed by atoms with Crippen molar-refractivity contribution in [1.29, 1.82) is 0 Å². The van der Waals surface area contributed by atoms with Gasteiger partial charge < -0.3 is 10.1 Å². The van der Waals surface area contributed by atoms with Gasteiger partial charge in [-0.25, -0.2) is 0 Å². The molecule has 1 aliphatic rings. The summed E-state index contributed by atoms with van der Waals surface area (Å²) < 4.78 is 5.91. The van der Waals surface area contributed by atoms with E-state index in [9.17, 15) is 0 Å². The van der Waals surface area contributed by atoms with Gasteiger partial charge in [-0.3, -0.25) is 9.88 Å². The molecule has 0 spiro atoms. The van der Waals surface area contributed by atoms with Crippen molar-refractivity contribution in [3.05, 3.63) is 30.1 Å². The minimum absolute atomic E-state index is 0.268. The van der Waals surface area contributed by atoms with Gasteiger partial charge >= 0.3 is 0 Å². The second-order valence-corrected chi connectivity index (χ2v) is 4.76. The fourth-order valence-electron chi connectivity index (χ4n) is 2.45. The van der Waals surface area contributed by atoms with Crippen molar-refractivity contribution in [2.24, 2.45) is 0 Å². The van der Waals surface area contributed by atoms with E-state index in [-0.39, 0.29) is 6.10 Å². The van der Waals surface area contributed by atoms with E-state index >= 15 is 0 Å². The quantitative estimate of drug-likeness (QED) is 0.842. The summed E-state index contributed by atoms with van der Waals surface area (Å²) in [5.74, 6) is 0. The maximum absolute atomic E-state index is 5.91. The van der Waals surface area contributed by atoms with Crippen LogP contribution < -0.4 is 5.32 Å². The number of nitrogens with zero attached hydrogens (tertiary/aromatic N) is 2. The van der Waals surface area contributed by atoms with Crippen molar-refractivity contribution in [2.45, 2.75) is 25.5 Å². The highest BCUT2D eigenvalue weighted by molar-refractivity contribution is 5.11. The highest BCUT2D eigenvalue weighted by Crippen LogP contribution is 2.12. The van der Waals surface area contributed by atoms with Crippen LogP contribution in [0, 0.1) is 0 Å². The van der Waals surface area contributed by atoms with Gasteiger partial charge in [0.2, 0.25) is 0 Å². The first-order valence-electron chi connectivity index (χ1n) is 6.73. The molecule has 0 bridgehead atoms. The molecule has 100 valence electrons. The fraction of sp³-hybridized carbons (Fsp3) is 0.643. The second-order valence-electron chi connectivity index (χ2n) is 4.76. The number of morpholine rings is 1. The van der Waals surface area contributed by atoms with Gasteiger partial charge in [0, 0.05) is 31.5 Å². The Bertz CT molecular complexity index is 344. The number of ether oxygens (including phenoxy) is 1. The molecule has 2 atom stereocenters. The molecule has 1 aromatic rings. The average Bonchev–Trinajstić information content (AvgIpc) is 2.46. The van der Waals surface area contributed by atoms with Crippen LogP contribution in [0.5, 0.6) is 0 Å². The molecule has 1 fully saturated rings. The maximum atomic E-state index is 5.91. The molecule has 2 unspecified atom stereocenters. The summed E-state index contributed by atoms with van der Waals surface area (Å²) in [4.78, 5) is 6.62. The van der Waals surface area contributed by atoms with Gasteiger partial charge in [0.05, 0.1) is 12.7 Å². The molecular formula is C14H23N3O. The Labute approximate surface area is 109 Å². The maximum Gasteiger partial charge on any atom is 0.0858 e. The number of rotatable bonds is 5. The molecule has 2 rings (SSSR count). The summed E-state index contributed by atoms with van der Waals surface area (Å²) in [5.41, 5.74) is 1.26. The van der Waals surface area contributed by atoms with Gasteiger partial charge in [-0.15, -0.1) is 0 Å². The zero-order valence-corrected chi connectivity index (χ0v) is 11.3. The van der Waals surface area contributed by atoms with Crippen LogP contribution in [0.4, 0.5) is 0 Å². The van der Waals surface area contributed by atoms with Crippen LogP contribution in [0.2, 0.25) is 0 Å². The first kappa shape index (κ1) is 13.5. The summed E-state index contributed by atoms with van der Waals surface area (Å²) in [6, 6.07) is 4.46. The molecule has 4 nitrogen and oxygen atoms in total. The lowest BCUT2D eigenvalue weighted by atomic mass is 10.0. The Hall–Kier alpha value is -0.970. The minimum atomic E-state index is 0.268. The van der Waals surface area contributed by atoms with Crippen LogP contribution in [0.15, 0.2) is 24.5 Å². The predicted octanol–water partition coefficient (Wildman–Crippen LogP) is 0.933. The smallest absolute Gasteiger partial charge is 0.0858 e. The standard InChI is InChI=1S/C14H23N3O/c1-3-17-7-8-18-14(11-17)13(15-2)9-12-5-4-6-16-10-12/h4-6,10,13-15H,3,7-9,11H2,1-2H3. The predicted molar refractivity (Wildman–Crippen MR) is 72.6 cm³/mol. The van der Waals surface area contributed by atoms with Crippen LogP contribution in [-0.4, -0.2) is 55.3 Å². The lowest BCUT2D eigenvalue weighted by molar-refractivity contribution is -0.0436. The van der Waals surface area contributed by atoms with Crippen molar-refractivity contribution in [1.82, 2.24) is 15.2 Å². The van der Waals surface area contributed by atoms with E-state index in [4.69, 9.17) is 4.74 Å². The largest absolute Gasteiger partial charge is 0.374 e. The third-order valence-electron chi connectivity index (χ3n) is 3.62. The topological polar surface area (TPSA) is 37.4 Å². The number of pyridine rings is 1. The fourth-order valence-corrected chi connectivity index (χ4v) is 2.45. The van der Waals surface area contributed by atoms with Gasteiger partial charge in [-0.05, 0) is 31.6 Å². The molecule has 18 heavy (non-hydrogen) atoms. The Morgan fingerprint density at radius 2 is 2.50 bits per heavy atom. The van der Waals surface area contributed by atoms with Gasteiger partial charge in [0.15, 0.2) is 0 Å². The van der Waals surface area contributed by atoms with Crippen molar-refractivity contribution in [3.63, 3.8) is 0 Å². The minimum Gasteiger partial charge on any atom is -0.374 e. The lowest BCUT2D eigenvalue weighted by Crippen LogP contribution is -2.52. The zero-order valence-electron chi connectivity index (χ0n) is 11.3. The highest BCUT2D eigenvalue weighted by atomic mass is 16.5. The van der Waals surface area contributed by atoms with Crippen molar-refractivity contribution in [2.75, 3.05) is 33.3 Å². The van der Waals surface area contributed by atoms with Gasteiger partial charge in [0.1, 0.15) is 0 Å². The molecule has 1 saturated heterocycles. The van der Waals surface area contributed by atoms with Crippen LogP contribution >= 0.6 is 0 Å². The van der Waals surface area contributed by atoms with E-state index in [1.54, 1.807) is 0 Å². The summed E-state index contributed by atoms with van der Waals surface area (Å²) >= 11 is 0. The van der Waals surface area contributed by atoms with E-state index in [1.165, 1.54) is 5.56 Å². The molecule has 1 N–H and O–H groups in total. The number of hydrogen-bond acceptors (Lipinski definition) is 4. The summed E-state index contributed by atoms with van der Waals surface area (Å²) in [6.07, 6.45) is 4.98. The van der Waals surface area contributed by atoms with Crippen molar-refractivity contribution >= 4 is 0 Å². The molecule has 2 heterocycles. The number of likely N-dealkylation sites (N-methyl/N-ethyl adjacent to an activating group) is 2. The van der Waals surface area contributed by atoms with Gasteiger partial charge in [0.25, 0.3) is 0 Å². The third-order valence-corrected chi connectivity index (χ3v) is 3.62. The van der Waals surface area contributed by atoms with Crippen molar-refractivity contribution < 1.29 is 4.74 Å². The summed E-state index contributed by atoms with van der Waals surface area (Å²) in [7, 11) is 2.01. The van der Waals surface area contributed by atoms with E-state index < -0.39 is 0 Å². The Balaban J connectivity index is 1.95. The molecule has 1 aliphatic heterocycles. The Morgan fingerprint density at radius 3 is 3.17 bits per heavy atom. The van der Waals surface area contributed by atoms with Crippen LogP contribution in [0.25, 0.3) is 0 Å². The van der Waals surface area contributed by atoms with Gasteiger partial charge in [-0.2, -0.15) is 0 Å². The van der Waals surface area contributed by atoms with Gasteiger partial charge in [-0.1, -0.05) is 13.0 Å². The molecule has 0 aliphatic carbocycles. The molecule has 0 radical (unpaired) electrons. The number of aromatic nitrogens is 1. The SMILES string of the molecule is CCN1CCOC(C(Cc2cccnc2)NC)C1. The second kappa shape index (κ2) is 6.83. The van der Waals surface area contributed by atoms with Crippen molar-refractivity contribution in [3.8, 4) is 0 Å². The van der Waals surface area contributed by atoms with E-state index in [0.717, 1.165) is 32.7 Å². The van der Waals surface area contributed by atoms with Crippen LogP contribution in [0.3, 0.4) is 0 Å². The zero-order chi connectivity index (χ0) is 12.8. The Morgan fingerprint density at radius 1 is 1.61 bits per heavy atom. The average molecular weight is 249 g/mol. The lowest BCUT2D eigenvalue weighted by Gasteiger charge is -2.36. The number of hydrogen-bond donors (Lipinski definition) is 1. The molecule has 1 aromatic heterocycles. The molecular weight excluding hydrogens is 226 g/mol. The normalized spacial score (nSPS) is 22.9.